The van der Waals surface area contributed by atoms with Gasteiger partial charge in [-0.2, -0.15) is 0 Å². The van der Waals surface area contributed by atoms with Crippen LogP contribution in [-0.4, -0.2) is 32.4 Å². The van der Waals surface area contributed by atoms with Crippen LogP contribution >= 0.6 is 0 Å². The number of hydrogen-bond donors (Lipinski definition) is 4. The summed E-state index contributed by atoms with van der Waals surface area (Å²) in [6.45, 7) is 0. The third kappa shape index (κ3) is 3.25. The molecule has 0 aromatic heterocycles. The average molecular weight is 174 g/mol. The molecule has 6 heteroatoms. The van der Waals surface area contributed by atoms with E-state index in [9.17, 15) is 9.59 Å². The van der Waals surface area contributed by atoms with E-state index in [4.69, 9.17) is 20.4 Å². The second kappa shape index (κ2) is 4.02. The van der Waals surface area contributed by atoms with Gasteiger partial charge < -0.3 is 20.4 Å². The molecule has 0 radical (unpaired) electrons. The minimum absolute atomic E-state index is 0.495. The number of carbonyl (C=O) groups is 2. The Labute approximate surface area is 66.7 Å². The second-order valence-corrected chi connectivity index (χ2v) is 1.71. The fourth-order valence-corrected chi connectivity index (χ4v) is 0.339. The van der Waals surface area contributed by atoms with Crippen molar-refractivity contribution in [2.24, 2.45) is 0 Å². The van der Waals surface area contributed by atoms with Crippen LogP contribution in [0.2, 0.25) is 0 Å². The maximum absolute atomic E-state index is 9.94. The fourth-order valence-electron chi connectivity index (χ4n) is 0.339. The summed E-state index contributed by atoms with van der Waals surface area (Å²) in [4.78, 5) is 19.8. The van der Waals surface area contributed by atoms with Crippen molar-refractivity contribution in [2.75, 3.05) is 0 Å². The molecular formula is C6H6O6. The molecule has 0 spiro atoms. The van der Waals surface area contributed by atoms with E-state index in [1.165, 1.54) is 0 Å². The van der Waals surface area contributed by atoms with Crippen molar-refractivity contribution in [3.05, 3.63) is 23.7 Å². The van der Waals surface area contributed by atoms with Gasteiger partial charge in [0.05, 0.1) is 0 Å². The van der Waals surface area contributed by atoms with E-state index in [1.807, 2.05) is 0 Å². The predicted molar refractivity (Wildman–Crippen MR) is 36.7 cm³/mol. The van der Waals surface area contributed by atoms with Crippen molar-refractivity contribution in [1.82, 2.24) is 0 Å². The summed E-state index contributed by atoms with van der Waals surface area (Å²) < 4.78 is 0. The number of aliphatic hydroxyl groups excluding tert-OH is 2. The number of aliphatic hydroxyl groups is 2. The van der Waals surface area contributed by atoms with E-state index >= 15 is 0 Å². The van der Waals surface area contributed by atoms with Crippen molar-refractivity contribution >= 4 is 11.9 Å². The molecule has 12 heavy (non-hydrogen) atoms. The molecule has 4 N–H and O–H groups in total. The highest BCUT2D eigenvalue weighted by molar-refractivity contribution is 5.85. The molecule has 0 aliphatic heterocycles. The molecule has 0 atom stereocenters. The van der Waals surface area contributed by atoms with Gasteiger partial charge in [-0.3, -0.25) is 0 Å². The molecule has 0 unspecified atom stereocenters. The first-order valence-electron chi connectivity index (χ1n) is 2.71. The van der Waals surface area contributed by atoms with E-state index in [0.717, 1.165) is 0 Å². The zero-order chi connectivity index (χ0) is 9.72. The normalized spacial score (nSPS) is 12.7. The third-order valence-electron chi connectivity index (χ3n) is 0.829. The molecule has 0 saturated heterocycles. The lowest BCUT2D eigenvalue weighted by atomic mass is 10.3. The van der Waals surface area contributed by atoms with Crippen LogP contribution in [0.5, 0.6) is 0 Å². The standard InChI is InChI=1S/C6H6O6/c7-3(1-2-4(8)9)5(10)6(11)12/h1-2,7,10H,(H,8,9)(H,11,12)/b2-1+,5-3-. The Balaban J connectivity index is 4.58. The van der Waals surface area contributed by atoms with E-state index in [-0.39, 0.29) is 0 Å². The summed E-state index contributed by atoms with van der Waals surface area (Å²) in [5.74, 6) is -5.40. The van der Waals surface area contributed by atoms with Crippen molar-refractivity contribution < 1.29 is 30.0 Å². The molecule has 0 aromatic carbocycles. The molecule has 0 heterocycles. The smallest absolute Gasteiger partial charge is 0.374 e. The number of carboxylic acid groups (broad SMARTS) is 2. The van der Waals surface area contributed by atoms with Gasteiger partial charge >= 0.3 is 11.9 Å². The van der Waals surface area contributed by atoms with Crippen LogP contribution in [0.25, 0.3) is 0 Å². The number of rotatable bonds is 3. The lowest BCUT2D eigenvalue weighted by Crippen LogP contribution is -2.02. The summed E-state index contributed by atoms with van der Waals surface area (Å²) >= 11 is 0. The second-order valence-electron chi connectivity index (χ2n) is 1.71. The van der Waals surface area contributed by atoms with Gasteiger partial charge in [0.2, 0.25) is 5.76 Å². The Hall–Kier alpha value is -1.98. The van der Waals surface area contributed by atoms with Crippen molar-refractivity contribution in [3.8, 4) is 0 Å². The molecule has 0 saturated carbocycles. The Morgan fingerprint density at radius 2 is 1.42 bits per heavy atom. The van der Waals surface area contributed by atoms with Gasteiger partial charge in [-0.1, -0.05) is 0 Å². The summed E-state index contributed by atoms with van der Waals surface area (Å²) in [6, 6.07) is 0. The molecule has 0 rings (SSSR count). The van der Waals surface area contributed by atoms with Crippen molar-refractivity contribution in [3.63, 3.8) is 0 Å². The van der Waals surface area contributed by atoms with Gasteiger partial charge in [0.1, 0.15) is 0 Å². The molecule has 0 bridgehead atoms. The summed E-state index contributed by atoms with van der Waals surface area (Å²) in [7, 11) is 0. The first-order valence-corrected chi connectivity index (χ1v) is 2.71. The zero-order valence-electron chi connectivity index (χ0n) is 5.76. The minimum Gasteiger partial charge on any atom is -0.504 e. The van der Waals surface area contributed by atoms with Crippen LogP contribution in [0, 0.1) is 0 Å². The Morgan fingerprint density at radius 1 is 0.917 bits per heavy atom. The lowest BCUT2D eigenvalue weighted by Gasteiger charge is -1.92. The Morgan fingerprint density at radius 3 is 1.75 bits per heavy atom. The average Bonchev–Trinajstić information content (AvgIpc) is 1.98. The van der Waals surface area contributed by atoms with Gasteiger partial charge in [0.15, 0.2) is 5.76 Å². The van der Waals surface area contributed by atoms with Gasteiger partial charge in [-0.25, -0.2) is 9.59 Å². The lowest BCUT2D eigenvalue weighted by molar-refractivity contribution is -0.136. The highest BCUT2D eigenvalue weighted by atomic mass is 16.4. The largest absolute Gasteiger partial charge is 0.504 e. The number of allylic oxidation sites excluding steroid dienone is 1. The highest BCUT2D eigenvalue weighted by Crippen LogP contribution is 1.98. The number of carboxylic acids is 2. The fraction of sp³-hybridized carbons (Fsp3) is 0. The summed E-state index contributed by atoms with van der Waals surface area (Å²) in [5, 5.41) is 33.2. The number of hydrogen-bond acceptors (Lipinski definition) is 4. The van der Waals surface area contributed by atoms with E-state index in [0.29, 0.717) is 12.2 Å². The first-order chi connectivity index (χ1) is 5.45. The first kappa shape index (κ1) is 10.0. The van der Waals surface area contributed by atoms with Crippen molar-refractivity contribution in [2.45, 2.75) is 0 Å². The van der Waals surface area contributed by atoms with Crippen LogP contribution in [0.3, 0.4) is 0 Å². The van der Waals surface area contributed by atoms with Crippen LogP contribution in [0.4, 0.5) is 0 Å². The van der Waals surface area contributed by atoms with E-state index in [1.54, 1.807) is 0 Å². The summed E-state index contributed by atoms with van der Waals surface area (Å²) in [6.07, 6.45) is 1.06. The highest BCUT2D eigenvalue weighted by Gasteiger charge is 2.09. The molecular weight excluding hydrogens is 168 g/mol. The quantitative estimate of drug-likeness (QED) is 0.273. The molecule has 0 aliphatic rings. The van der Waals surface area contributed by atoms with Crippen LogP contribution < -0.4 is 0 Å². The molecule has 66 valence electrons. The predicted octanol–water partition coefficient (Wildman–Crippen LogP) is 0.0394. The Bertz CT molecular complexity index is 261. The monoisotopic (exact) mass is 174 g/mol. The van der Waals surface area contributed by atoms with Gasteiger partial charge in [-0.05, 0) is 6.08 Å². The maximum Gasteiger partial charge on any atom is 0.374 e. The van der Waals surface area contributed by atoms with Gasteiger partial charge in [0, 0.05) is 6.08 Å². The van der Waals surface area contributed by atoms with Crippen LogP contribution in [-0.2, 0) is 9.59 Å². The van der Waals surface area contributed by atoms with Gasteiger partial charge in [0.25, 0.3) is 0 Å². The summed E-state index contributed by atoms with van der Waals surface area (Å²) in [5.41, 5.74) is 0. The minimum atomic E-state index is -1.73. The van der Waals surface area contributed by atoms with Crippen LogP contribution in [0.15, 0.2) is 23.7 Å². The van der Waals surface area contributed by atoms with Crippen molar-refractivity contribution in [1.29, 1.82) is 0 Å². The molecule has 6 nitrogen and oxygen atoms in total. The SMILES string of the molecule is O=C(O)/C=C/C(O)=C(/O)C(=O)O. The van der Waals surface area contributed by atoms with E-state index < -0.39 is 23.5 Å². The Kier molecular flexibility index (Phi) is 3.35. The number of aliphatic carboxylic acids is 2. The van der Waals surface area contributed by atoms with Gasteiger partial charge in [-0.15, -0.1) is 0 Å². The third-order valence-corrected chi connectivity index (χ3v) is 0.829. The zero-order valence-corrected chi connectivity index (χ0v) is 5.76. The molecule has 0 aliphatic carbocycles. The van der Waals surface area contributed by atoms with E-state index in [2.05, 4.69) is 0 Å². The molecule has 0 fully saturated rings. The van der Waals surface area contributed by atoms with Crippen LogP contribution in [0.1, 0.15) is 0 Å². The maximum atomic E-state index is 9.94. The molecule has 0 amide bonds. The topological polar surface area (TPSA) is 115 Å². The molecule has 0 aromatic rings.